The minimum absolute atomic E-state index is 0.0769. The van der Waals surface area contributed by atoms with Crippen LogP contribution < -0.4 is 4.90 Å². The summed E-state index contributed by atoms with van der Waals surface area (Å²) in [6, 6.07) is 2.15. The predicted molar refractivity (Wildman–Crippen MR) is 70.3 cm³/mol. The van der Waals surface area contributed by atoms with Gasteiger partial charge in [0.15, 0.2) is 11.6 Å². The number of hydrogen-bond donors (Lipinski definition) is 0. The van der Waals surface area contributed by atoms with Crippen LogP contribution in [0, 0.1) is 21.1 Å². The minimum atomic E-state index is -0.942. The van der Waals surface area contributed by atoms with Crippen molar-refractivity contribution in [1.29, 1.82) is 0 Å². The Hall–Kier alpha value is -0.430. The van der Waals surface area contributed by atoms with Gasteiger partial charge in [0, 0.05) is 28.5 Å². The van der Waals surface area contributed by atoms with Crippen molar-refractivity contribution in [1.82, 2.24) is 0 Å². The minimum Gasteiger partial charge on any atom is -0.311 e. The van der Waals surface area contributed by atoms with Crippen molar-refractivity contribution in [2.75, 3.05) is 17.3 Å². The number of nitrogens with zero attached hydrogens (tertiary/aromatic N) is 1. The van der Waals surface area contributed by atoms with Crippen LogP contribution in [0.15, 0.2) is 12.1 Å². The largest absolute Gasteiger partial charge is 0.311 e. The smallest absolute Gasteiger partial charge is 0.227 e. The second kappa shape index (κ2) is 5.06. The monoisotopic (exact) mass is 371 g/mol. The lowest BCUT2D eigenvalue weighted by Gasteiger charge is -2.18. The van der Waals surface area contributed by atoms with E-state index < -0.39 is 11.6 Å². The molecule has 1 aromatic carbocycles. The molecule has 1 aromatic rings. The summed E-state index contributed by atoms with van der Waals surface area (Å²) in [5.41, 5.74) is 0.419. The van der Waals surface area contributed by atoms with Crippen LogP contribution in [-0.4, -0.2) is 18.3 Å². The van der Waals surface area contributed by atoms with Crippen LogP contribution in [0.1, 0.15) is 6.42 Å². The number of alkyl halides is 1. The van der Waals surface area contributed by atoms with Gasteiger partial charge in [-0.05, 0) is 34.6 Å². The first kappa shape index (κ1) is 13.0. The van der Waals surface area contributed by atoms with Gasteiger partial charge in [-0.1, -0.05) is 0 Å². The summed E-state index contributed by atoms with van der Waals surface area (Å²) in [4.78, 5) is 13.2. The number of hydrogen-bond acceptors (Lipinski definition) is 1. The van der Waals surface area contributed by atoms with Gasteiger partial charge >= 0.3 is 0 Å². The average molecular weight is 372 g/mol. The molecule has 1 fully saturated rings. The highest BCUT2D eigenvalue weighted by Gasteiger charge is 2.31. The van der Waals surface area contributed by atoms with Crippen molar-refractivity contribution in [2.45, 2.75) is 6.42 Å². The second-order valence-corrected chi connectivity index (χ2v) is 5.42. The van der Waals surface area contributed by atoms with Gasteiger partial charge in [-0.15, -0.1) is 11.6 Å². The van der Waals surface area contributed by atoms with Gasteiger partial charge in [-0.3, -0.25) is 4.79 Å². The van der Waals surface area contributed by atoms with Gasteiger partial charge < -0.3 is 4.90 Å². The maximum Gasteiger partial charge on any atom is 0.227 e. The fraction of sp³-hybridized carbons (Fsp3) is 0.364. The number of carbonyl (C=O) groups is 1. The number of benzene rings is 1. The molecule has 1 amide bonds. The van der Waals surface area contributed by atoms with E-state index in [9.17, 15) is 13.6 Å². The van der Waals surface area contributed by atoms with Crippen LogP contribution in [0.3, 0.4) is 0 Å². The summed E-state index contributed by atoms with van der Waals surface area (Å²) in [5, 5.41) is 0. The van der Waals surface area contributed by atoms with Crippen LogP contribution in [0.25, 0.3) is 0 Å². The topological polar surface area (TPSA) is 20.3 Å². The zero-order valence-corrected chi connectivity index (χ0v) is 11.6. The van der Waals surface area contributed by atoms with E-state index in [2.05, 4.69) is 0 Å². The van der Waals surface area contributed by atoms with Crippen molar-refractivity contribution in [3.63, 3.8) is 0 Å². The lowest BCUT2D eigenvalue weighted by atomic mass is 10.1. The van der Waals surface area contributed by atoms with Gasteiger partial charge in [0.25, 0.3) is 0 Å². The Balaban J connectivity index is 2.35. The highest BCUT2D eigenvalue weighted by molar-refractivity contribution is 14.1. The van der Waals surface area contributed by atoms with E-state index >= 15 is 0 Å². The quantitative estimate of drug-likeness (QED) is 0.444. The number of halogens is 4. The fourth-order valence-corrected chi connectivity index (χ4v) is 2.76. The van der Waals surface area contributed by atoms with Crippen LogP contribution in [0.2, 0.25) is 0 Å². The van der Waals surface area contributed by atoms with Gasteiger partial charge in [0.05, 0.1) is 5.69 Å². The highest BCUT2D eigenvalue weighted by atomic mass is 127. The molecule has 6 heteroatoms. The molecule has 0 spiro atoms. The van der Waals surface area contributed by atoms with Crippen LogP contribution in [0.5, 0.6) is 0 Å². The Morgan fingerprint density at radius 3 is 2.65 bits per heavy atom. The Labute approximate surface area is 116 Å². The van der Waals surface area contributed by atoms with E-state index in [1.165, 1.54) is 4.90 Å². The molecule has 1 atom stereocenters. The molecule has 1 saturated heterocycles. The molecular weight excluding hydrogens is 362 g/mol. The lowest BCUT2D eigenvalue weighted by molar-refractivity contribution is -0.117. The Bertz CT molecular complexity index is 469. The first-order chi connectivity index (χ1) is 8.02. The molecule has 92 valence electrons. The summed E-state index contributed by atoms with van der Waals surface area (Å²) in [6.45, 7) is 0.462. The molecule has 2 rings (SSSR count). The summed E-state index contributed by atoms with van der Waals surface area (Å²) in [5.74, 6) is -1.48. The first-order valence-electron chi connectivity index (χ1n) is 5.03. The van der Waals surface area contributed by atoms with Gasteiger partial charge in [-0.25, -0.2) is 8.78 Å². The SMILES string of the molecule is O=C1CC(CCl)CN1c1cc(F)c(F)cc1I. The Kier molecular flexibility index (Phi) is 3.87. The Morgan fingerprint density at radius 2 is 2.06 bits per heavy atom. The third-order valence-electron chi connectivity index (χ3n) is 2.70. The molecular formula is C11H9ClF2INO. The van der Waals surface area contributed by atoms with Gasteiger partial charge in [-0.2, -0.15) is 0 Å². The summed E-state index contributed by atoms with van der Waals surface area (Å²) in [7, 11) is 0. The molecule has 17 heavy (non-hydrogen) atoms. The van der Waals surface area contributed by atoms with Gasteiger partial charge in [0.1, 0.15) is 0 Å². The van der Waals surface area contributed by atoms with E-state index in [4.69, 9.17) is 11.6 Å². The number of amides is 1. The second-order valence-electron chi connectivity index (χ2n) is 3.95. The van der Waals surface area contributed by atoms with Crippen LogP contribution in [-0.2, 0) is 4.79 Å². The van der Waals surface area contributed by atoms with Crippen molar-refractivity contribution in [2.24, 2.45) is 5.92 Å². The van der Waals surface area contributed by atoms with Crippen LogP contribution in [0.4, 0.5) is 14.5 Å². The Morgan fingerprint density at radius 1 is 1.41 bits per heavy atom. The van der Waals surface area contributed by atoms with Crippen molar-refractivity contribution < 1.29 is 13.6 Å². The van der Waals surface area contributed by atoms with Crippen molar-refractivity contribution >= 4 is 45.8 Å². The van der Waals surface area contributed by atoms with E-state index in [-0.39, 0.29) is 11.8 Å². The maximum atomic E-state index is 13.2. The molecule has 2 nitrogen and oxygen atoms in total. The third-order valence-corrected chi connectivity index (χ3v) is 4.00. The lowest BCUT2D eigenvalue weighted by Crippen LogP contribution is -2.25. The first-order valence-corrected chi connectivity index (χ1v) is 6.65. The zero-order chi connectivity index (χ0) is 12.6. The average Bonchev–Trinajstić information content (AvgIpc) is 2.65. The van der Waals surface area contributed by atoms with E-state index in [0.717, 1.165) is 12.1 Å². The molecule has 0 aliphatic carbocycles. The van der Waals surface area contributed by atoms with Gasteiger partial charge in [0.2, 0.25) is 5.91 Å². The van der Waals surface area contributed by atoms with Crippen LogP contribution >= 0.6 is 34.2 Å². The standard InChI is InChI=1S/C11H9ClF2INO/c12-4-6-1-11(17)16(5-6)10-3-8(14)7(13)2-9(10)15/h2-3,6H,1,4-5H2. The van der Waals surface area contributed by atoms with E-state index in [1.54, 1.807) is 0 Å². The predicted octanol–water partition coefficient (Wildman–Crippen LogP) is 3.16. The molecule has 1 heterocycles. The summed E-state index contributed by atoms with van der Waals surface area (Å²) in [6.07, 6.45) is 0.360. The van der Waals surface area contributed by atoms with E-state index in [0.29, 0.717) is 28.1 Å². The summed E-state index contributed by atoms with van der Waals surface area (Å²) >= 11 is 7.60. The molecule has 0 N–H and O–H groups in total. The highest BCUT2D eigenvalue weighted by Crippen LogP contribution is 2.31. The normalized spacial score (nSPS) is 20.1. The maximum absolute atomic E-state index is 13.2. The molecule has 0 bridgehead atoms. The number of anilines is 1. The number of rotatable bonds is 2. The fourth-order valence-electron chi connectivity index (χ4n) is 1.84. The summed E-state index contributed by atoms with van der Waals surface area (Å²) < 4.78 is 26.7. The van der Waals surface area contributed by atoms with Crippen molar-refractivity contribution in [3.05, 3.63) is 27.3 Å². The molecule has 0 radical (unpaired) electrons. The molecule has 0 aromatic heterocycles. The zero-order valence-electron chi connectivity index (χ0n) is 8.72. The molecule has 1 aliphatic rings. The molecule has 1 unspecified atom stereocenters. The van der Waals surface area contributed by atoms with Crippen molar-refractivity contribution in [3.8, 4) is 0 Å². The molecule has 0 saturated carbocycles. The number of carbonyl (C=O) groups excluding carboxylic acids is 1. The van der Waals surface area contributed by atoms with E-state index in [1.807, 2.05) is 22.6 Å². The third kappa shape index (κ3) is 2.54. The molecule has 1 aliphatic heterocycles.